The zero-order valence-corrected chi connectivity index (χ0v) is 10.2. The summed E-state index contributed by atoms with van der Waals surface area (Å²) in [7, 11) is 0. The van der Waals surface area contributed by atoms with Gasteiger partial charge in [-0.05, 0) is 37.5 Å². The van der Waals surface area contributed by atoms with Gasteiger partial charge in [-0.25, -0.2) is 0 Å². The van der Waals surface area contributed by atoms with E-state index in [0.717, 1.165) is 19.3 Å². The molecule has 1 aromatic rings. The maximum absolute atomic E-state index is 11.6. The summed E-state index contributed by atoms with van der Waals surface area (Å²) >= 11 is 0. The molecule has 0 spiro atoms. The molecule has 0 aliphatic rings. The fourth-order valence-corrected chi connectivity index (χ4v) is 1.51. The molecule has 4 heteroatoms. The Labute approximate surface area is 106 Å². The molecule has 0 radical (unpaired) electrons. The number of unbranched alkanes of at least 4 members (excludes halogenated alkanes) is 2. The average Bonchev–Trinajstić information content (AvgIpc) is 2.37. The van der Waals surface area contributed by atoms with Crippen molar-refractivity contribution < 1.29 is 14.7 Å². The van der Waals surface area contributed by atoms with Crippen LogP contribution < -0.4 is 5.32 Å². The van der Waals surface area contributed by atoms with Gasteiger partial charge in [-0.15, -0.1) is 6.58 Å². The number of hydrogen-bond acceptors (Lipinski definition) is 3. The first-order valence-corrected chi connectivity index (χ1v) is 5.86. The van der Waals surface area contributed by atoms with Gasteiger partial charge in [-0.2, -0.15) is 0 Å². The number of amides is 1. The van der Waals surface area contributed by atoms with Crippen molar-refractivity contribution in [2.45, 2.75) is 25.7 Å². The van der Waals surface area contributed by atoms with Crippen LogP contribution in [0.1, 0.15) is 36.0 Å². The van der Waals surface area contributed by atoms with Crippen molar-refractivity contribution in [1.29, 1.82) is 0 Å². The Morgan fingerprint density at radius 1 is 1.39 bits per heavy atom. The SMILES string of the molecule is C=CCCCCC(=O)Nc1ccc(C=O)cc1O. The average molecular weight is 247 g/mol. The largest absolute Gasteiger partial charge is 0.506 e. The van der Waals surface area contributed by atoms with Crippen LogP contribution in [0.2, 0.25) is 0 Å². The van der Waals surface area contributed by atoms with Gasteiger partial charge in [-0.1, -0.05) is 6.08 Å². The Morgan fingerprint density at radius 3 is 2.78 bits per heavy atom. The monoisotopic (exact) mass is 247 g/mol. The second kappa shape index (κ2) is 7.27. The van der Waals surface area contributed by atoms with Crippen LogP contribution in [-0.2, 0) is 4.79 Å². The molecule has 0 unspecified atom stereocenters. The van der Waals surface area contributed by atoms with Crippen LogP contribution in [0, 0.1) is 0 Å². The fraction of sp³-hybridized carbons (Fsp3) is 0.286. The zero-order valence-electron chi connectivity index (χ0n) is 10.2. The first-order chi connectivity index (χ1) is 8.67. The van der Waals surface area contributed by atoms with E-state index in [-0.39, 0.29) is 11.7 Å². The second-order valence-electron chi connectivity index (χ2n) is 3.98. The number of allylic oxidation sites excluding steroid dienone is 1. The Balaban J connectivity index is 2.48. The normalized spacial score (nSPS) is 9.78. The molecule has 0 saturated heterocycles. The highest BCUT2D eigenvalue weighted by Crippen LogP contribution is 2.23. The van der Waals surface area contributed by atoms with Gasteiger partial charge in [0.05, 0.1) is 5.69 Å². The van der Waals surface area contributed by atoms with Crippen molar-refractivity contribution in [2.75, 3.05) is 5.32 Å². The number of rotatable bonds is 7. The van der Waals surface area contributed by atoms with E-state index in [9.17, 15) is 14.7 Å². The number of carbonyl (C=O) groups is 2. The minimum absolute atomic E-state index is 0.0981. The number of aromatic hydroxyl groups is 1. The lowest BCUT2D eigenvalue weighted by Crippen LogP contribution is -2.11. The van der Waals surface area contributed by atoms with E-state index in [0.29, 0.717) is 24.0 Å². The number of carbonyl (C=O) groups excluding carboxylic acids is 2. The van der Waals surface area contributed by atoms with Gasteiger partial charge in [-0.3, -0.25) is 9.59 Å². The first kappa shape index (κ1) is 14.0. The van der Waals surface area contributed by atoms with Crippen LogP contribution in [0.4, 0.5) is 5.69 Å². The Kier molecular flexibility index (Phi) is 5.64. The minimum Gasteiger partial charge on any atom is -0.506 e. The van der Waals surface area contributed by atoms with E-state index in [4.69, 9.17) is 0 Å². The number of benzene rings is 1. The molecular weight excluding hydrogens is 230 g/mol. The summed E-state index contributed by atoms with van der Waals surface area (Å²) in [6, 6.07) is 4.38. The maximum atomic E-state index is 11.6. The number of phenolic OH excluding ortho intramolecular Hbond substituents is 1. The fourth-order valence-electron chi connectivity index (χ4n) is 1.51. The van der Waals surface area contributed by atoms with Crippen LogP contribution in [0.3, 0.4) is 0 Å². The number of nitrogens with one attached hydrogen (secondary N) is 1. The van der Waals surface area contributed by atoms with Crippen molar-refractivity contribution in [2.24, 2.45) is 0 Å². The molecule has 1 rings (SSSR count). The summed E-state index contributed by atoms with van der Waals surface area (Å²) in [5, 5.41) is 12.2. The lowest BCUT2D eigenvalue weighted by Gasteiger charge is -2.07. The maximum Gasteiger partial charge on any atom is 0.224 e. The van der Waals surface area contributed by atoms with Crippen LogP contribution >= 0.6 is 0 Å². The van der Waals surface area contributed by atoms with Gasteiger partial charge in [0, 0.05) is 12.0 Å². The number of hydrogen-bond donors (Lipinski definition) is 2. The van der Waals surface area contributed by atoms with Crippen LogP contribution in [0.25, 0.3) is 0 Å². The summed E-state index contributed by atoms with van der Waals surface area (Å²) in [6.45, 7) is 3.61. The third kappa shape index (κ3) is 4.41. The Bertz CT molecular complexity index is 441. The summed E-state index contributed by atoms with van der Waals surface area (Å²) in [5.41, 5.74) is 0.700. The molecule has 0 aromatic heterocycles. The van der Waals surface area contributed by atoms with Crippen molar-refractivity contribution in [3.63, 3.8) is 0 Å². The standard InChI is InChI=1S/C14H17NO3/c1-2-3-4-5-6-14(18)15-12-8-7-11(10-16)9-13(12)17/h2,7-10,17H,1,3-6H2,(H,15,18). The van der Waals surface area contributed by atoms with Gasteiger partial charge in [0.25, 0.3) is 0 Å². The zero-order chi connectivity index (χ0) is 13.4. The van der Waals surface area contributed by atoms with E-state index in [1.165, 1.54) is 12.1 Å². The molecule has 96 valence electrons. The van der Waals surface area contributed by atoms with Gasteiger partial charge in [0.2, 0.25) is 5.91 Å². The van der Waals surface area contributed by atoms with Crippen LogP contribution in [0.15, 0.2) is 30.9 Å². The van der Waals surface area contributed by atoms with Crippen molar-refractivity contribution >= 4 is 17.9 Å². The minimum atomic E-state index is -0.145. The predicted molar refractivity (Wildman–Crippen MR) is 70.8 cm³/mol. The first-order valence-electron chi connectivity index (χ1n) is 5.86. The quantitative estimate of drug-likeness (QED) is 0.337. The van der Waals surface area contributed by atoms with E-state index >= 15 is 0 Å². The van der Waals surface area contributed by atoms with Gasteiger partial charge in [0.1, 0.15) is 12.0 Å². The molecule has 2 N–H and O–H groups in total. The van der Waals surface area contributed by atoms with E-state index in [2.05, 4.69) is 11.9 Å². The van der Waals surface area contributed by atoms with Crippen LogP contribution in [-0.4, -0.2) is 17.3 Å². The molecule has 0 atom stereocenters. The molecule has 0 aliphatic carbocycles. The number of anilines is 1. The molecule has 18 heavy (non-hydrogen) atoms. The van der Waals surface area contributed by atoms with Crippen molar-refractivity contribution in [3.05, 3.63) is 36.4 Å². The summed E-state index contributed by atoms with van der Waals surface area (Å²) in [5.74, 6) is -0.243. The Hall–Kier alpha value is -2.10. The summed E-state index contributed by atoms with van der Waals surface area (Å²) in [4.78, 5) is 22.1. The third-order valence-corrected chi connectivity index (χ3v) is 2.49. The van der Waals surface area contributed by atoms with E-state index < -0.39 is 0 Å². The molecule has 0 fully saturated rings. The highest BCUT2D eigenvalue weighted by Gasteiger charge is 2.06. The van der Waals surface area contributed by atoms with E-state index in [1.807, 2.05) is 6.08 Å². The van der Waals surface area contributed by atoms with Gasteiger partial charge < -0.3 is 10.4 Å². The molecule has 0 bridgehead atoms. The molecular formula is C14H17NO3. The highest BCUT2D eigenvalue weighted by atomic mass is 16.3. The van der Waals surface area contributed by atoms with Crippen molar-refractivity contribution in [1.82, 2.24) is 0 Å². The van der Waals surface area contributed by atoms with Gasteiger partial charge in [0.15, 0.2) is 0 Å². The lowest BCUT2D eigenvalue weighted by molar-refractivity contribution is -0.116. The number of aldehydes is 1. The highest BCUT2D eigenvalue weighted by molar-refractivity contribution is 5.92. The number of phenols is 1. The van der Waals surface area contributed by atoms with E-state index in [1.54, 1.807) is 6.07 Å². The van der Waals surface area contributed by atoms with Crippen LogP contribution in [0.5, 0.6) is 5.75 Å². The lowest BCUT2D eigenvalue weighted by atomic mass is 10.1. The molecule has 4 nitrogen and oxygen atoms in total. The second-order valence-corrected chi connectivity index (χ2v) is 3.98. The van der Waals surface area contributed by atoms with Gasteiger partial charge >= 0.3 is 0 Å². The topological polar surface area (TPSA) is 66.4 Å². The summed E-state index contributed by atoms with van der Waals surface area (Å²) in [6.07, 6.45) is 5.47. The van der Waals surface area contributed by atoms with Crippen molar-refractivity contribution in [3.8, 4) is 5.75 Å². The molecule has 0 aliphatic heterocycles. The molecule has 0 heterocycles. The molecule has 1 amide bonds. The predicted octanol–water partition coefficient (Wildman–Crippen LogP) is 2.89. The summed E-state index contributed by atoms with van der Waals surface area (Å²) < 4.78 is 0. The molecule has 1 aromatic carbocycles. The third-order valence-electron chi connectivity index (χ3n) is 2.49. The smallest absolute Gasteiger partial charge is 0.224 e. The Morgan fingerprint density at radius 2 is 2.17 bits per heavy atom. The molecule has 0 saturated carbocycles.